The minimum atomic E-state index is -2.52. The second-order valence-corrected chi connectivity index (χ2v) is 45.4. The summed E-state index contributed by atoms with van der Waals surface area (Å²) in [6, 6.07) is 42.5. The van der Waals surface area contributed by atoms with Crippen molar-refractivity contribution >= 4 is 141 Å². The summed E-state index contributed by atoms with van der Waals surface area (Å²) in [4.78, 5) is 46.0. The number of hydrogen-bond donors (Lipinski definition) is 5. The van der Waals surface area contributed by atoms with E-state index in [-0.39, 0.29) is 6.10 Å². The molecule has 16 rings (SSSR count). The number of benzene rings is 6. The predicted octanol–water partition coefficient (Wildman–Crippen LogP) is 18.3. The zero-order chi connectivity index (χ0) is 87.4. The first kappa shape index (κ1) is 91.2. The first-order valence-electron chi connectivity index (χ1n) is 44.0. The van der Waals surface area contributed by atoms with Crippen LogP contribution >= 0.6 is 44.6 Å². The lowest BCUT2D eigenvalue weighted by molar-refractivity contribution is 0.0692. The van der Waals surface area contributed by atoms with E-state index < -0.39 is 21.4 Å². The highest BCUT2D eigenvalue weighted by Gasteiger charge is 2.33. The second-order valence-electron chi connectivity index (χ2n) is 35.0. The molecule has 3 aromatic heterocycles. The van der Waals surface area contributed by atoms with Crippen LogP contribution in [0.1, 0.15) is 115 Å². The van der Waals surface area contributed by atoms with E-state index in [1.54, 1.807) is 73.6 Å². The van der Waals surface area contributed by atoms with Crippen LogP contribution in [0.3, 0.4) is 0 Å². The van der Waals surface area contributed by atoms with E-state index in [9.17, 15) is 13.7 Å². The maximum Gasteiger partial charge on any atom is 0.229 e. The Morgan fingerprint density at radius 3 is 1.32 bits per heavy atom. The number of para-hydroxylation sites is 2. The number of rotatable bonds is 27. The first-order chi connectivity index (χ1) is 59.6. The smallest absolute Gasteiger partial charge is 0.229 e. The predicted molar refractivity (Wildman–Crippen MR) is 515 cm³/mol. The number of piperazine rings is 1. The van der Waals surface area contributed by atoms with Gasteiger partial charge in [-0.2, -0.15) is 9.97 Å². The van der Waals surface area contributed by atoms with Crippen molar-refractivity contribution in [3.05, 3.63) is 172 Å². The summed E-state index contributed by atoms with van der Waals surface area (Å²) in [6.07, 6.45) is 21.2. The average Bonchev–Trinajstić information content (AvgIpc) is 1.37. The van der Waals surface area contributed by atoms with Gasteiger partial charge >= 0.3 is 0 Å². The SMILES string of the molecule is CC(C)Oc1cc(N2CCC(N3CCN(C(C)C)CC3)CC2)ccc1Nc1ncc(Cl)c(Nc2ccccc2P(C)(C)=O)n1.COc1cc(N2CCC(N3CCCC3)CC2)ccc1Cc1nc2c(c(Nc3ccccc3P(C)(C)=O)n1)C=CC2.COc1cc(N2CCC(N3CCCC3)CC2)ccc1Nc1ncc(Cl)c(Nc2ccc(P(C)(C)=O)cc2OC)n1. The Bertz CT molecular complexity index is 5340. The van der Waals surface area contributed by atoms with Crippen molar-refractivity contribution in [1.29, 1.82) is 0 Å². The lowest BCUT2D eigenvalue weighted by atomic mass is 10.0. The quantitative estimate of drug-likeness (QED) is 0.0300. The van der Waals surface area contributed by atoms with Gasteiger partial charge in [0.15, 0.2) is 11.6 Å². The molecule has 25 nitrogen and oxygen atoms in total. The second kappa shape index (κ2) is 41.2. The van der Waals surface area contributed by atoms with E-state index in [1.165, 1.54) is 128 Å². The summed E-state index contributed by atoms with van der Waals surface area (Å²) in [5, 5.41) is 19.6. The van der Waals surface area contributed by atoms with E-state index in [0.29, 0.717) is 81.0 Å². The number of nitrogens with zero attached hydrogens (tertiary/aromatic N) is 13. The number of hydrogen-bond acceptors (Lipinski definition) is 25. The van der Waals surface area contributed by atoms with Gasteiger partial charge in [0.25, 0.3) is 0 Å². The average molecular weight is 1780 g/mol. The van der Waals surface area contributed by atoms with Crippen LogP contribution in [0.15, 0.2) is 140 Å². The monoisotopic (exact) mass is 1780 g/mol. The van der Waals surface area contributed by atoms with Crippen molar-refractivity contribution in [2.45, 2.75) is 135 Å². The van der Waals surface area contributed by atoms with Crippen LogP contribution in [0.5, 0.6) is 23.0 Å². The molecule has 0 spiro atoms. The molecule has 0 radical (unpaired) electrons. The van der Waals surface area contributed by atoms with Gasteiger partial charge in [-0.05, 0) is 231 Å². The third-order valence-corrected chi connectivity index (χ3v) is 29.9. The summed E-state index contributed by atoms with van der Waals surface area (Å²) in [6.45, 7) is 35.3. The van der Waals surface area contributed by atoms with Crippen LogP contribution in [0, 0.1) is 0 Å². The molecule has 0 unspecified atom stereocenters. The number of anilines is 13. The molecule has 7 aliphatic rings. The molecule has 5 N–H and O–H groups in total. The number of piperidine rings is 3. The molecule has 662 valence electrons. The molecule has 0 amide bonds. The maximum atomic E-state index is 13.0. The molecular formula is C94H125Cl2N18O7P3. The summed E-state index contributed by atoms with van der Waals surface area (Å²) in [7, 11) is -2.43. The Balaban J connectivity index is 0.000000152. The molecule has 9 aromatic rings. The molecule has 124 heavy (non-hydrogen) atoms. The largest absolute Gasteiger partial charge is 0.496 e. The molecule has 9 heterocycles. The Labute approximate surface area is 743 Å². The van der Waals surface area contributed by atoms with Gasteiger partial charge in [0, 0.05) is 165 Å². The van der Waals surface area contributed by atoms with Gasteiger partial charge in [-0.1, -0.05) is 65.7 Å². The summed E-state index contributed by atoms with van der Waals surface area (Å²) >= 11 is 12.9. The molecular weight excluding hydrogens is 1660 g/mol. The number of aromatic nitrogens is 6. The number of ether oxygens (including phenoxy) is 4. The van der Waals surface area contributed by atoms with Crippen molar-refractivity contribution in [1.82, 2.24) is 49.5 Å². The Morgan fingerprint density at radius 2 is 0.855 bits per heavy atom. The molecule has 0 saturated carbocycles. The lowest BCUT2D eigenvalue weighted by Crippen LogP contribution is -2.54. The van der Waals surface area contributed by atoms with Crippen molar-refractivity contribution in [3.63, 3.8) is 0 Å². The molecule has 6 aliphatic heterocycles. The zero-order valence-electron chi connectivity index (χ0n) is 74.4. The molecule has 6 aromatic carbocycles. The van der Waals surface area contributed by atoms with Crippen LogP contribution in [0.25, 0.3) is 6.08 Å². The lowest BCUT2D eigenvalue weighted by Gasteiger charge is -2.44. The van der Waals surface area contributed by atoms with Crippen LogP contribution < -0.4 is 76.1 Å². The minimum Gasteiger partial charge on any atom is -0.496 e. The maximum absolute atomic E-state index is 13.0. The summed E-state index contributed by atoms with van der Waals surface area (Å²) in [5.74, 6) is 5.98. The van der Waals surface area contributed by atoms with E-state index in [4.69, 9.17) is 52.1 Å². The van der Waals surface area contributed by atoms with Gasteiger partial charge in [-0.3, -0.25) is 9.80 Å². The Hall–Kier alpha value is -8.99. The van der Waals surface area contributed by atoms with Crippen LogP contribution in [0.2, 0.25) is 10.0 Å². The number of halogens is 2. The third-order valence-electron chi connectivity index (χ3n) is 24.7. The zero-order valence-corrected chi connectivity index (χ0v) is 78.6. The summed E-state index contributed by atoms with van der Waals surface area (Å²) < 4.78 is 61.7. The van der Waals surface area contributed by atoms with Gasteiger partial charge in [0.05, 0.1) is 74.0 Å². The van der Waals surface area contributed by atoms with Gasteiger partial charge in [0.2, 0.25) is 11.9 Å². The highest BCUT2D eigenvalue weighted by atomic mass is 35.5. The van der Waals surface area contributed by atoms with Crippen molar-refractivity contribution < 1.29 is 32.6 Å². The molecule has 6 saturated heterocycles. The Morgan fingerprint density at radius 1 is 0.435 bits per heavy atom. The topological polar surface area (TPSA) is 248 Å². The van der Waals surface area contributed by atoms with E-state index in [1.807, 2.05) is 86.6 Å². The Kier molecular flexibility index (Phi) is 30.3. The normalized spacial score (nSPS) is 17.3. The fourth-order valence-corrected chi connectivity index (χ4v) is 21.4. The first-order valence-corrected chi connectivity index (χ1v) is 52.5. The fourth-order valence-electron chi connectivity index (χ4n) is 17.9. The molecule has 0 bridgehead atoms. The van der Waals surface area contributed by atoms with Crippen LogP contribution in [-0.2, 0) is 26.5 Å². The molecule has 30 heteroatoms. The van der Waals surface area contributed by atoms with E-state index >= 15 is 0 Å². The molecule has 1 aliphatic carbocycles. The minimum absolute atomic E-state index is 0.000290. The van der Waals surface area contributed by atoms with Gasteiger partial charge < -0.3 is 83.7 Å². The van der Waals surface area contributed by atoms with Gasteiger partial charge in [-0.25, -0.2) is 19.9 Å². The number of allylic oxidation sites excluding steroid dienone is 1. The number of methoxy groups -OCH3 is 3. The standard InChI is InChI=1S/C33H47ClN7O2P.C32H40N5O2P.C29H38ClN6O3P/c1-23(2)39-17-19-41(20-18-39)25-13-15-40(16-14-25)26-11-12-28(30(21-26)43-24(3)4)37-33-35-22-27(34)32(38-33)36-29-9-7-8-10-31(29)44(5,6)42;1-39-29-22-25(37-19-15-24(16-20-37)36-17-6-7-18-36)14-13-23(29)21-31-33-27-11-8-9-26(27)32(35-31)34-28-10-4-5-12-30(28)40(2,3)38;1-38-26-17-21(36-15-11-20(12-16-36)35-13-5-6-14-35)7-9-25(26)33-29-31-19-23(30)28(34-29)32-24-10-8-22(40(3,4)37)18-27(24)39-2/h7-12,21-25H,13-20H2,1-6H3,(H2,35,36,37,38);4-5,8-10,12-14,22,24H,6-7,11,15-21H2,1-3H3,(H,33,34,35);7-10,17-20H,5-6,11-16H2,1-4H3,(H2,31,32,33,34). The van der Waals surface area contributed by atoms with Gasteiger partial charge in [-0.15, -0.1) is 0 Å². The molecule has 0 atom stereocenters. The van der Waals surface area contributed by atoms with E-state index in [0.717, 1.165) is 136 Å². The number of nitrogens with one attached hydrogen (secondary N) is 5. The van der Waals surface area contributed by atoms with E-state index in [2.05, 4.69) is 149 Å². The molecule has 6 fully saturated rings. The van der Waals surface area contributed by atoms with Gasteiger partial charge in [0.1, 0.15) is 66.1 Å². The number of likely N-dealkylation sites (tertiary alicyclic amines) is 2. The fraction of sp³-hybridized carbons (Fsp3) is 0.468. The third kappa shape index (κ3) is 23.2. The van der Waals surface area contributed by atoms with Crippen molar-refractivity contribution in [2.75, 3.05) is 194 Å². The summed E-state index contributed by atoms with van der Waals surface area (Å²) in [5.41, 5.74) is 10.4. The van der Waals surface area contributed by atoms with Crippen molar-refractivity contribution in [2.24, 2.45) is 0 Å². The van der Waals surface area contributed by atoms with Crippen molar-refractivity contribution in [3.8, 4) is 23.0 Å². The van der Waals surface area contributed by atoms with Crippen LogP contribution in [-0.4, -0.2) is 233 Å². The number of fused-ring (bicyclic) bond motifs is 1. The highest BCUT2D eigenvalue weighted by molar-refractivity contribution is 7.71. The highest BCUT2D eigenvalue weighted by Crippen LogP contribution is 2.44. The van der Waals surface area contributed by atoms with Crippen LogP contribution in [0.4, 0.5) is 74.8 Å².